The minimum atomic E-state index is -0.460. The number of hydrogen-bond acceptors (Lipinski definition) is 5. The van der Waals surface area contributed by atoms with Crippen LogP contribution in [-0.2, 0) is 14.2 Å². The van der Waals surface area contributed by atoms with Gasteiger partial charge in [0.05, 0.1) is 13.2 Å². The van der Waals surface area contributed by atoms with Crippen molar-refractivity contribution < 1.29 is 23.8 Å². The van der Waals surface area contributed by atoms with Crippen LogP contribution in [0.2, 0.25) is 0 Å². The Labute approximate surface area is 138 Å². The van der Waals surface area contributed by atoms with E-state index in [1.54, 1.807) is 12.0 Å². The lowest BCUT2D eigenvalue weighted by molar-refractivity contribution is 0.0175. The molecule has 1 aliphatic heterocycles. The lowest BCUT2D eigenvalue weighted by Gasteiger charge is -2.33. The number of piperidine rings is 1. The van der Waals surface area contributed by atoms with Crippen LogP contribution >= 0.6 is 0 Å². The van der Waals surface area contributed by atoms with Crippen molar-refractivity contribution in [1.29, 1.82) is 0 Å². The van der Waals surface area contributed by atoms with E-state index in [2.05, 4.69) is 5.32 Å². The zero-order valence-corrected chi connectivity index (χ0v) is 14.7. The van der Waals surface area contributed by atoms with Gasteiger partial charge in [-0.2, -0.15) is 0 Å². The van der Waals surface area contributed by atoms with Crippen molar-refractivity contribution >= 4 is 12.2 Å². The van der Waals surface area contributed by atoms with E-state index < -0.39 is 11.7 Å². The van der Waals surface area contributed by atoms with Crippen LogP contribution in [0.25, 0.3) is 0 Å². The Hall–Kier alpha value is -1.50. The van der Waals surface area contributed by atoms with E-state index in [4.69, 9.17) is 14.2 Å². The van der Waals surface area contributed by atoms with Crippen LogP contribution in [0.15, 0.2) is 0 Å². The largest absolute Gasteiger partial charge is 0.450 e. The fourth-order valence-electron chi connectivity index (χ4n) is 2.36. The number of carbonyl (C=O) groups excluding carboxylic acids is 2. The molecule has 0 aromatic carbocycles. The molecule has 1 aliphatic rings. The van der Waals surface area contributed by atoms with Gasteiger partial charge in [-0.1, -0.05) is 0 Å². The predicted octanol–water partition coefficient (Wildman–Crippen LogP) is 2.40. The van der Waals surface area contributed by atoms with Crippen molar-refractivity contribution in [3.05, 3.63) is 0 Å². The average molecular weight is 330 g/mol. The first-order valence-corrected chi connectivity index (χ1v) is 8.19. The average Bonchev–Trinajstić information content (AvgIpc) is 2.46. The van der Waals surface area contributed by atoms with E-state index in [1.165, 1.54) is 0 Å². The number of amides is 2. The van der Waals surface area contributed by atoms with Crippen molar-refractivity contribution in [3.8, 4) is 0 Å². The SMILES string of the molecule is COCCNC(=O)OCCC1CCN(C(=O)OC(C)(C)C)CC1. The van der Waals surface area contributed by atoms with E-state index in [1.807, 2.05) is 20.8 Å². The minimum absolute atomic E-state index is 0.246. The molecule has 0 bridgehead atoms. The maximum atomic E-state index is 12.0. The molecule has 0 atom stereocenters. The van der Waals surface area contributed by atoms with Gasteiger partial charge >= 0.3 is 12.2 Å². The van der Waals surface area contributed by atoms with E-state index >= 15 is 0 Å². The summed E-state index contributed by atoms with van der Waals surface area (Å²) in [6.07, 6.45) is 1.99. The molecule has 7 heteroatoms. The molecule has 0 aliphatic carbocycles. The number of methoxy groups -OCH3 is 1. The molecule has 1 heterocycles. The molecule has 0 spiro atoms. The lowest BCUT2D eigenvalue weighted by atomic mass is 9.94. The van der Waals surface area contributed by atoms with Gasteiger partial charge in [0.2, 0.25) is 0 Å². The van der Waals surface area contributed by atoms with Gasteiger partial charge in [0.15, 0.2) is 0 Å². The fourth-order valence-corrected chi connectivity index (χ4v) is 2.36. The number of ether oxygens (including phenoxy) is 3. The second-order valence-corrected chi connectivity index (χ2v) is 6.75. The van der Waals surface area contributed by atoms with Crippen LogP contribution in [0.5, 0.6) is 0 Å². The molecule has 1 N–H and O–H groups in total. The van der Waals surface area contributed by atoms with E-state index in [0.29, 0.717) is 38.8 Å². The van der Waals surface area contributed by atoms with Crippen LogP contribution in [0, 0.1) is 5.92 Å². The standard InChI is InChI=1S/C16H30N2O5/c1-16(2,3)23-15(20)18-9-5-13(6-10-18)7-11-22-14(19)17-8-12-21-4/h13H,5-12H2,1-4H3,(H,17,19). The predicted molar refractivity (Wildman–Crippen MR) is 86.4 cm³/mol. The van der Waals surface area contributed by atoms with E-state index in [0.717, 1.165) is 19.3 Å². The number of likely N-dealkylation sites (tertiary alicyclic amines) is 1. The summed E-state index contributed by atoms with van der Waals surface area (Å²) >= 11 is 0. The van der Waals surface area contributed by atoms with Crippen LogP contribution in [0.3, 0.4) is 0 Å². The van der Waals surface area contributed by atoms with Crippen LogP contribution in [0.1, 0.15) is 40.0 Å². The highest BCUT2D eigenvalue weighted by atomic mass is 16.6. The Bertz CT molecular complexity index is 373. The van der Waals surface area contributed by atoms with Crippen LogP contribution < -0.4 is 5.32 Å². The molecule has 23 heavy (non-hydrogen) atoms. The Kier molecular flexibility index (Phi) is 8.16. The number of nitrogens with zero attached hydrogens (tertiary/aromatic N) is 1. The van der Waals surface area contributed by atoms with Gasteiger partial charge in [-0.25, -0.2) is 9.59 Å². The molecule has 0 unspecified atom stereocenters. The Morgan fingerprint density at radius 3 is 2.39 bits per heavy atom. The van der Waals surface area contributed by atoms with Crippen molar-refractivity contribution in [2.24, 2.45) is 5.92 Å². The molecule has 1 rings (SSSR count). The number of alkyl carbamates (subject to hydrolysis) is 1. The highest BCUT2D eigenvalue weighted by molar-refractivity contribution is 5.68. The van der Waals surface area contributed by atoms with Gasteiger partial charge < -0.3 is 24.4 Å². The molecule has 7 nitrogen and oxygen atoms in total. The maximum Gasteiger partial charge on any atom is 0.410 e. The zero-order chi connectivity index (χ0) is 17.3. The summed E-state index contributed by atoms with van der Waals surface area (Å²) in [5.41, 5.74) is -0.460. The van der Waals surface area contributed by atoms with E-state index in [-0.39, 0.29) is 6.09 Å². The monoisotopic (exact) mass is 330 g/mol. The third-order valence-corrected chi connectivity index (χ3v) is 3.60. The quantitative estimate of drug-likeness (QED) is 0.757. The van der Waals surface area contributed by atoms with Gasteiger partial charge in [-0.3, -0.25) is 0 Å². The first-order chi connectivity index (χ1) is 10.8. The highest BCUT2D eigenvalue weighted by Crippen LogP contribution is 2.22. The minimum Gasteiger partial charge on any atom is -0.450 e. The number of hydrogen-bond donors (Lipinski definition) is 1. The number of rotatable bonds is 6. The lowest BCUT2D eigenvalue weighted by Crippen LogP contribution is -2.41. The number of nitrogens with one attached hydrogen (secondary N) is 1. The van der Waals surface area contributed by atoms with Gasteiger partial charge in [-0.15, -0.1) is 0 Å². The Balaban J connectivity index is 2.14. The Morgan fingerprint density at radius 1 is 1.17 bits per heavy atom. The number of carbonyl (C=O) groups is 2. The second kappa shape index (κ2) is 9.60. The molecule has 0 aromatic heterocycles. The summed E-state index contributed by atoms with van der Waals surface area (Å²) in [5.74, 6) is 0.473. The smallest absolute Gasteiger partial charge is 0.410 e. The molecule has 1 fully saturated rings. The fraction of sp³-hybridized carbons (Fsp3) is 0.875. The van der Waals surface area contributed by atoms with Gasteiger partial charge in [-0.05, 0) is 46.0 Å². The third-order valence-electron chi connectivity index (χ3n) is 3.60. The van der Waals surface area contributed by atoms with E-state index in [9.17, 15) is 9.59 Å². The summed E-state index contributed by atoms with van der Waals surface area (Å²) in [5, 5.41) is 2.61. The summed E-state index contributed by atoms with van der Waals surface area (Å²) in [6.45, 7) is 8.31. The molecule has 2 amide bonds. The maximum absolute atomic E-state index is 12.0. The van der Waals surface area contributed by atoms with Crippen LogP contribution in [0.4, 0.5) is 9.59 Å². The first-order valence-electron chi connectivity index (χ1n) is 8.19. The first kappa shape index (κ1) is 19.5. The summed E-state index contributed by atoms with van der Waals surface area (Å²) in [4.78, 5) is 25.1. The van der Waals surface area contributed by atoms with Crippen molar-refractivity contribution in [2.75, 3.05) is 40.0 Å². The molecular formula is C16H30N2O5. The van der Waals surface area contributed by atoms with Crippen molar-refractivity contribution in [3.63, 3.8) is 0 Å². The van der Waals surface area contributed by atoms with Gasteiger partial charge in [0, 0.05) is 26.7 Å². The van der Waals surface area contributed by atoms with Gasteiger partial charge in [0.1, 0.15) is 5.60 Å². The van der Waals surface area contributed by atoms with Crippen molar-refractivity contribution in [1.82, 2.24) is 10.2 Å². The summed E-state index contributed by atoms with van der Waals surface area (Å²) in [7, 11) is 1.58. The third kappa shape index (κ3) is 8.64. The molecule has 134 valence electrons. The van der Waals surface area contributed by atoms with Crippen LogP contribution in [-0.4, -0.2) is 62.6 Å². The topological polar surface area (TPSA) is 77.1 Å². The van der Waals surface area contributed by atoms with Gasteiger partial charge in [0.25, 0.3) is 0 Å². The molecule has 0 aromatic rings. The molecule has 1 saturated heterocycles. The summed E-state index contributed by atoms with van der Waals surface area (Å²) < 4.78 is 15.3. The Morgan fingerprint density at radius 2 is 1.83 bits per heavy atom. The normalized spacial score (nSPS) is 16.1. The molecule has 0 radical (unpaired) electrons. The zero-order valence-electron chi connectivity index (χ0n) is 14.7. The molecular weight excluding hydrogens is 300 g/mol. The highest BCUT2D eigenvalue weighted by Gasteiger charge is 2.26. The molecule has 0 saturated carbocycles. The van der Waals surface area contributed by atoms with Crippen molar-refractivity contribution in [2.45, 2.75) is 45.6 Å². The second-order valence-electron chi connectivity index (χ2n) is 6.75. The summed E-state index contributed by atoms with van der Waals surface area (Å²) in [6, 6.07) is 0.